The second-order valence-corrected chi connectivity index (χ2v) is 8.56. The zero-order valence-corrected chi connectivity index (χ0v) is 18.4. The number of benzene rings is 1. The molecule has 3 aromatic rings. The summed E-state index contributed by atoms with van der Waals surface area (Å²) in [6, 6.07) is 6.67. The number of carbonyl (C=O) groups excluding carboxylic acids is 1. The Morgan fingerprint density at radius 2 is 1.85 bits per heavy atom. The number of piperidine rings is 1. The molecule has 1 aromatic carbocycles. The first-order chi connectivity index (χ1) is 16.2. The summed E-state index contributed by atoms with van der Waals surface area (Å²) in [5.74, 6) is 0.568. The summed E-state index contributed by atoms with van der Waals surface area (Å²) in [4.78, 5) is 25.9. The molecule has 0 atom stereocenters. The van der Waals surface area contributed by atoms with Gasteiger partial charge in [0, 0.05) is 26.2 Å². The quantitative estimate of drug-likeness (QED) is 0.606. The van der Waals surface area contributed by atoms with Crippen molar-refractivity contribution in [3.8, 4) is 0 Å². The maximum absolute atomic E-state index is 13.1. The first-order valence-electron chi connectivity index (χ1n) is 11.4. The maximum Gasteiger partial charge on any atom is 0.274 e. The molecule has 10 heteroatoms. The third-order valence-corrected chi connectivity index (χ3v) is 6.36. The number of aromatic nitrogens is 3. The fourth-order valence-corrected chi connectivity index (χ4v) is 4.46. The van der Waals surface area contributed by atoms with E-state index in [1.54, 1.807) is 0 Å². The van der Waals surface area contributed by atoms with Crippen molar-refractivity contribution in [3.63, 3.8) is 0 Å². The fraction of sp³-hybridized carbons (Fsp3) is 0.478. The summed E-state index contributed by atoms with van der Waals surface area (Å²) in [6.45, 7) is 5.88. The van der Waals surface area contributed by atoms with Crippen LogP contribution in [0.3, 0.4) is 0 Å². The lowest BCUT2D eigenvalue weighted by molar-refractivity contribution is 0.0928. The topological polar surface area (TPSA) is 96.6 Å². The summed E-state index contributed by atoms with van der Waals surface area (Å²) >= 11 is 0. The second kappa shape index (κ2) is 9.80. The molecule has 5 rings (SSSR count). The number of morpholine rings is 1. The number of anilines is 1. The Kier molecular flexibility index (Phi) is 6.45. The normalized spacial score (nSPS) is 18.0. The molecule has 0 spiro atoms. The smallest absolute Gasteiger partial charge is 0.274 e. The van der Waals surface area contributed by atoms with Gasteiger partial charge in [0.2, 0.25) is 0 Å². The van der Waals surface area contributed by atoms with E-state index in [0.29, 0.717) is 55.7 Å². The third-order valence-electron chi connectivity index (χ3n) is 6.36. The number of halogens is 1. The molecule has 2 aliphatic heterocycles. The van der Waals surface area contributed by atoms with Crippen LogP contribution < -0.4 is 10.2 Å². The zero-order chi connectivity index (χ0) is 22.6. The fourth-order valence-electron chi connectivity index (χ4n) is 4.46. The molecule has 0 aliphatic carbocycles. The maximum atomic E-state index is 13.1. The van der Waals surface area contributed by atoms with Crippen LogP contribution in [-0.4, -0.2) is 71.9 Å². The molecular weight excluding hydrogens is 427 g/mol. The minimum absolute atomic E-state index is 0.211. The van der Waals surface area contributed by atoms with Gasteiger partial charge in [-0.2, -0.15) is 4.98 Å². The molecule has 1 N–H and O–H groups in total. The van der Waals surface area contributed by atoms with E-state index in [1.165, 1.54) is 18.5 Å². The minimum Gasteiger partial charge on any atom is -0.378 e. The highest BCUT2D eigenvalue weighted by Crippen LogP contribution is 2.27. The Balaban J connectivity index is 1.17. The largest absolute Gasteiger partial charge is 0.378 e. The van der Waals surface area contributed by atoms with Gasteiger partial charge in [0.15, 0.2) is 5.69 Å². The van der Waals surface area contributed by atoms with E-state index < -0.39 is 0 Å². The number of nitrogens with zero attached hydrogens (tertiary/aromatic N) is 5. The number of rotatable bonds is 6. The predicted molar refractivity (Wildman–Crippen MR) is 119 cm³/mol. The van der Waals surface area contributed by atoms with Crippen LogP contribution in [0.25, 0.3) is 11.1 Å². The number of likely N-dealkylation sites (tertiary alicyclic amines) is 1. The molecule has 0 unspecified atom stereocenters. The third kappa shape index (κ3) is 4.96. The average Bonchev–Trinajstić information content (AvgIpc) is 3.30. The summed E-state index contributed by atoms with van der Waals surface area (Å²) in [6.07, 6.45) is 3.41. The Bertz CT molecular complexity index is 1090. The molecule has 2 fully saturated rings. The van der Waals surface area contributed by atoms with E-state index in [2.05, 4.69) is 30.2 Å². The molecular formula is C23H27FN6O3. The standard InChI is InChI=1S/C23H27FN6O3/c24-18-3-1-17(2-4-18)14-29-7-5-16(6-8-29)13-25-22(31)20-19-21(30-9-11-32-12-10-30)26-15-27-23(19)33-28-20/h1-4,15-16H,5-14H2,(H,25,31). The molecule has 4 heterocycles. The first-order valence-corrected chi connectivity index (χ1v) is 11.4. The highest BCUT2D eigenvalue weighted by Gasteiger charge is 2.26. The van der Waals surface area contributed by atoms with Crippen LogP contribution in [0.2, 0.25) is 0 Å². The number of carbonyl (C=O) groups is 1. The highest BCUT2D eigenvalue weighted by molar-refractivity contribution is 6.07. The average molecular weight is 455 g/mol. The van der Waals surface area contributed by atoms with Crippen LogP contribution in [0.1, 0.15) is 28.9 Å². The Labute approximate surface area is 190 Å². The van der Waals surface area contributed by atoms with Crippen molar-refractivity contribution in [1.29, 1.82) is 0 Å². The van der Waals surface area contributed by atoms with Crippen LogP contribution in [0.4, 0.5) is 10.2 Å². The van der Waals surface area contributed by atoms with Gasteiger partial charge in [0.25, 0.3) is 11.6 Å². The summed E-state index contributed by atoms with van der Waals surface area (Å²) in [5.41, 5.74) is 1.64. The zero-order valence-electron chi connectivity index (χ0n) is 18.4. The SMILES string of the molecule is O=C(NCC1CCN(Cc2ccc(F)cc2)CC1)c1noc2ncnc(N3CCOCC3)c12. The molecule has 2 saturated heterocycles. The number of fused-ring (bicyclic) bond motifs is 1. The van der Waals surface area contributed by atoms with Gasteiger partial charge in [0.1, 0.15) is 23.3 Å². The van der Waals surface area contributed by atoms with Crippen molar-refractivity contribution < 1.29 is 18.4 Å². The molecule has 2 aromatic heterocycles. The lowest BCUT2D eigenvalue weighted by Crippen LogP contribution is -2.38. The molecule has 33 heavy (non-hydrogen) atoms. The van der Waals surface area contributed by atoms with Gasteiger partial charge < -0.3 is 19.5 Å². The van der Waals surface area contributed by atoms with Gasteiger partial charge in [0.05, 0.1) is 13.2 Å². The number of nitrogens with one attached hydrogen (secondary N) is 1. The first kappa shape index (κ1) is 21.7. The van der Waals surface area contributed by atoms with Gasteiger partial charge in [-0.25, -0.2) is 9.37 Å². The Morgan fingerprint density at radius 1 is 1.09 bits per heavy atom. The van der Waals surface area contributed by atoms with Crippen molar-refractivity contribution >= 4 is 22.8 Å². The van der Waals surface area contributed by atoms with Crippen molar-refractivity contribution in [2.75, 3.05) is 50.8 Å². The summed E-state index contributed by atoms with van der Waals surface area (Å²) in [7, 11) is 0. The lowest BCUT2D eigenvalue weighted by atomic mass is 9.96. The van der Waals surface area contributed by atoms with Crippen LogP contribution in [-0.2, 0) is 11.3 Å². The summed E-state index contributed by atoms with van der Waals surface area (Å²) in [5, 5.41) is 7.57. The minimum atomic E-state index is -0.271. The van der Waals surface area contributed by atoms with E-state index in [9.17, 15) is 9.18 Å². The van der Waals surface area contributed by atoms with E-state index in [-0.39, 0.29) is 17.4 Å². The van der Waals surface area contributed by atoms with Crippen molar-refractivity contribution in [2.45, 2.75) is 19.4 Å². The molecule has 0 bridgehead atoms. The second-order valence-electron chi connectivity index (χ2n) is 8.56. The van der Waals surface area contributed by atoms with Gasteiger partial charge >= 0.3 is 0 Å². The lowest BCUT2D eigenvalue weighted by Gasteiger charge is -2.32. The van der Waals surface area contributed by atoms with Gasteiger partial charge in [-0.05, 0) is 49.5 Å². The van der Waals surface area contributed by atoms with Crippen molar-refractivity contribution in [2.24, 2.45) is 5.92 Å². The van der Waals surface area contributed by atoms with Crippen LogP contribution in [0.5, 0.6) is 0 Å². The van der Waals surface area contributed by atoms with E-state index in [4.69, 9.17) is 9.26 Å². The predicted octanol–water partition coefficient (Wildman–Crippen LogP) is 2.24. The number of hydrogen-bond donors (Lipinski definition) is 1. The Morgan fingerprint density at radius 3 is 2.61 bits per heavy atom. The number of ether oxygens (including phenoxy) is 1. The van der Waals surface area contributed by atoms with Gasteiger partial charge in [-0.15, -0.1) is 0 Å². The molecule has 0 saturated carbocycles. The highest BCUT2D eigenvalue weighted by atomic mass is 19.1. The van der Waals surface area contributed by atoms with Gasteiger partial charge in [-0.1, -0.05) is 17.3 Å². The van der Waals surface area contributed by atoms with Crippen LogP contribution in [0, 0.1) is 11.7 Å². The molecule has 2 aliphatic rings. The number of hydrogen-bond acceptors (Lipinski definition) is 8. The van der Waals surface area contributed by atoms with E-state index in [1.807, 2.05) is 12.1 Å². The van der Waals surface area contributed by atoms with E-state index >= 15 is 0 Å². The monoisotopic (exact) mass is 454 g/mol. The van der Waals surface area contributed by atoms with Crippen LogP contribution in [0.15, 0.2) is 35.1 Å². The van der Waals surface area contributed by atoms with E-state index in [0.717, 1.165) is 38.0 Å². The van der Waals surface area contributed by atoms with Crippen molar-refractivity contribution in [1.82, 2.24) is 25.3 Å². The summed E-state index contributed by atoms with van der Waals surface area (Å²) < 4.78 is 23.8. The van der Waals surface area contributed by atoms with Gasteiger partial charge in [-0.3, -0.25) is 9.69 Å². The molecule has 9 nitrogen and oxygen atoms in total. The Hall–Kier alpha value is -3.11. The molecule has 0 radical (unpaired) electrons. The van der Waals surface area contributed by atoms with Crippen molar-refractivity contribution in [3.05, 3.63) is 47.7 Å². The molecule has 1 amide bonds. The number of amides is 1. The molecule has 174 valence electrons. The van der Waals surface area contributed by atoms with Crippen LogP contribution >= 0.6 is 0 Å².